The molecule has 0 aliphatic heterocycles. The number of hydrogen-bond donors (Lipinski definition) is 2. The lowest BCUT2D eigenvalue weighted by atomic mass is 10.1. The number of carbonyl (C=O) groups excluding carboxylic acids is 1. The zero-order valence-electron chi connectivity index (χ0n) is 10.3. The molecule has 2 aromatic rings. The minimum Gasteiger partial charge on any atom is -0.399 e. The Bertz CT molecular complexity index is 662. The van der Waals surface area contributed by atoms with Gasteiger partial charge in [0.05, 0.1) is 15.6 Å². The van der Waals surface area contributed by atoms with E-state index in [9.17, 15) is 9.18 Å². The Kier molecular flexibility index (Phi) is 4.47. The highest BCUT2D eigenvalue weighted by Crippen LogP contribution is 2.19. The van der Waals surface area contributed by atoms with Gasteiger partial charge in [0.25, 0.3) is 5.91 Å². The molecule has 20 heavy (non-hydrogen) atoms. The van der Waals surface area contributed by atoms with Crippen LogP contribution in [0.3, 0.4) is 0 Å². The van der Waals surface area contributed by atoms with Crippen molar-refractivity contribution in [1.82, 2.24) is 5.32 Å². The number of halogens is 3. The van der Waals surface area contributed by atoms with Gasteiger partial charge in [0.1, 0.15) is 5.82 Å². The number of rotatable bonds is 3. The van der Waals surface area contributed by atoms with E-state index in [-0.39, 0.29) is 17.5 Å². The maximum Gasteiger partial charge on any atom is 0.253 e. The predicted octanol–water partition coefficient (Wildman–Crippen LogP) is 3.64. The zero-order chi connectivity index (χ0) is 14.7. The first kappa shape index (κ1) is 14.6. The fourth-order valence-corrected chi connectivity index (χ4v) is 2.05. The molecule has 0 unspecified atom stereocenters. The average Bonchev–Trinajstić information content (AvgIpc) is 2.42. The molecule has 0 aromatic heterocycles. The number of hydrogen-bond acceptors (Lipinski definition) is 2. The minimum atomic E-state index is -0.499. The molecule has 0 saturated heterocycles. The highest BCUT2D eigenvalue weighted by atomic mass is 35.5. The molecule has 6 heteroatoms. The van der Waals surface area contributed by atoms with Gasteiger partial charge in [0.15, 0.2) is 0 Å². The molecule has 0 radical (unpaired) electrons. The molecule has 0 saturated carbocycles. The molecule has 0 bridgehead atoms. The number of benzene rings is 2. The van der Waals surface area contributed by atoms with Gasteiger partial charge in [-0.15, -0.1) is 0 Å². The van der Waals surface area contributed by atoms with Crippen LogP contribution in [0.2, 0.25) is 10.0 Å². The Labute approximate surface area is 125 Å². The molecule has 0 aliphatic rings. The predicted molar refractivity (Wildman–Crippen MR) is 78.4 cm³/mol. The van der Waals surface area contributed by atoms with Gasteiger partial charge in [0, 0.05) is 12.2 Å². The summed E-state index contributed by atoms with van der Waals surface area (Å²) in [7, 11) is 0. The van der Waals surface area contributed by atoms with Crippen LogP contribution >= 0.6 is 23.2 Å². The molecule has 0 spiro atoms. The maximum atomic E-state index is 13.0. The molecule has 2 rings (SSSR count). The molecule has 3 nitrogen and oxygen atoms in total. The van der Waals surface area contributed by atoms with Gasteiger partial charge in [-0.25, -0.2) is 4.39 Å². The number of carbonyl (C=O) groups is 1. The van der Waals surface area contributed by atoms with Crippen LogP contribution < -0.4 is 11.1 Å². The lowest BCUT2D eigenvalue weighted by Crippen LogP contribution is -2.23. The van der Waals surface area contributed by atoms with E-state index in [1.807, 2.05) is 0 Å². The number of nitrogens with one attached hydrogen (secondary N) is 1. The molecular weight excluding hydrogens is 302 g/mol. The lowest BCUT2D eigenvalue weighted by Gasteiger charge is -2.08. The van der Waals surface area contributed by atoms with Gasteiger partial charge >= 0.3 is 0 Å². The quantitative estimate of drug-likeness (QED) is 0.850. The van der Waals surface area contributed by atoms with E-state index >= 15 is 0 Å². The van der Waals surface area contributed by atoms with E-state index in [0.717, 1.165) is 0 Å². The largest absolute Gasteiger partial charge is 0.399 e. The van der Waals surface area contributed by atoms with Crippen molar-refractivity contribution in [2.45, 2.75) is 6.54 Å². The topological polar surface area (TPSA) is 55.1 Å². The van der Waals surface area contributed by atoms with Crippen molar-refractivity contribution in [1.29, 1.82) is 0 Å². The SMILES string of the molecule is Nc1ccc(Cl)c(C(=O)NCc2ccc(F)c(Cl)c2)c1. The van der Waals surface area contributed by atoms with E-state index < -0.39 is 5.82 Å². The Morgan fingerprint density at radius 2 is 1.90 bits per heavy atom. The van der Waals surface area contributed by atoms with Crippen LogP contribution in [-0.2, 0) is 6.54 Å². The Morgan fingerprint density at radius 3 is 2.60 bits per heavy atom. The van der Waals surface area contributed by atoms with Gasteiger partial charge in [-0.3, -0.25) is 4.79 Å². The van der Waals surface area contributed by atoms with Crippen molar-refractivity contribution >= 4 is 34.8 Å². The number of nitrogen functional groups attached to an aromatic ring is 1. The lowest BCUT2D eigenvalue weighted by molar-refractivity contribution is 0.0951. The molecule has 0 aliphatic carbocycles. The van der Waals surface area contributed by atoms with Crippen LogP contribution in [-0.4, -0.2) is 5.91 Å². The normalized spacial score (nSPS) is 10.3. The smallest absolute Gasteiger partial charge is 0.253 e. The summed E-state index contributed by atoms with van der Waals surface area (Å²) in [4.78, 5) is 12.0. The summed E-state index contributed by atoms with van der Waals surface area (Å²) in [6.07, 6.45) is 0. The number of nitrogens with two attached hydrogens (primary N) is 1. The highest BCUT2D eigenvalue weighted by molar-refractivity contribution is 6.34. The van der Waals surface area contributed by atoms with Gasteiger partial charge in [-0.2, -0.15) is 0 Å². The van der Waals surface area contributed by atoms with Crippen molar-refractivity contribution in [3.05, 3.63) is 63.4 Å². The summed E-state index contributed by atoms with van der Waals surface area (Å²) in [5.41, 5.74) is 7.04. The molecule has 1 amide bonds. The Hall–Kier alpha value is -1.78. The molecule has 104 valence electrons. The summed E-state index contributed by atoms with van der Waals surface area (Å²) >= 11 is 11.6. The van der Waals surface area contributed by atoms with Crippen LogP contribution in [0.4, 0.5) is 10.1 Å². The Balaban J connectivity index is 2.08. The fraction of sp³-hybridized carbons (Fsp3) is 0.0714. The second kappa shape index (κ2) is 6.11. The van der Waals surface area contributed by atoms with Crippen molar-refractivity contribution in [2.24, 2.45) is 0 Å². The standard InChI is InChI=1S/C14H11Cl2FN2O/c15-11-3-2-9(18)6-10(11)14(20)19-7-8-1-4-13(17)12(16)5-8/h1-6H,7,18H2,(H,19,20). The summed E-state index contributed by atoms with van der Waals surface area (Å²) in [6.45, 7) is 0.212. The van der Waals surface area contributed by atoms with E-state index in [4.69, 9.17) is 28.9 Å². The van der Waals surface area contributed by atoms with Crippen LogP contribution in [0, 0.1) is 5.82 Å². The van der Waals surface area contributed by atoms with E-state index in [0.29, 0.717) is 21.8 Å². The third-order valence-electron chi connectivity index (χ3n) is 2.67. The van der Waals surface area contributed by atoms with Crippen molar-refractivity contribution in [3.63, 3.8) is 0 Å². The summed E-state index contributed by atoms with van der Waals surface area (Å²) < 4.78 is 13.0. The molecule has 3 N–H and O–H groups in total. The molecule has 0 atom stereocenters. The molecule has 0 fully saturated rings. The van der Waals surface area contributed by atoms with Gasteiger partial charge in [-0.1, -0.05) is 29.3 Å². The van der Waals surface area contributed by atoms with Crippen LogP contribution in [0.15, 0.2) is 36.4 Å². The average molecular weight is 313 g/mol. The number of amides is 1. The number of anilines is 1. The maximum absolute atomic E-state index is 13.0. The van der Waals surface area contributed by atoms with Crippen LogP contribution in [0.25, 0.3) is 0 Å². The van der Waals surface area contributed by atoms with Crippen LogP contribution in [0.5, 0.6) is 0 Å². The van der Waals surface area contributed by atoms with E-state index in [1.54, 1.807) is 18.2 Å². The summed E-state index contributed by atoms with van der Waals surface area (Å²) in [5.74, 6) is -0.858. The second-order valence-electron chi connectivity index (χ2n) is 4.17. The second-order valence-corrected chi connectivity index (χ2v) is 4.98. The third-order valence-corrected chi connectivity index (χ3v) is 3.29. The van der Waals surface area contributed by atoms with Gasteiger partial charge in [-0.05, 0) is 35.9 Å². The van der Waals surface area contributed by atoms with Gasteiger partial charge < -0.3 is 11.1 Å². The molecule has 0 heterocycles. The zero-order valence-corrected chi connectivity index (χ0v) is 11.8. The van der Waals surface area contributed by atoms with Crippen LogP contribution in [0.1, 0.15) is 15.9 Å². The van der Waals surface area contributed by atoms with Crippen molar-refractivity contribution < 1.29 is 9.18 Å². The highest BCUT2D eigenvalue weighted by Gasteiger charge is 2.10. The third kappa shape index (κ3) is 3.40. The monoisotopic (exact) mass is 312 g/mol. The first-order valence-electron chi connectivity index (χ1n) is 5.74. The van der Waals surface area contributed by atoms with Crippen molar-refractivity contribution in [3.8, 4) is 0 Å². The van der Waals surface area contributed by atoms with E-state index in [1.165, 1.54) is 18.2 Å². The molecule has 2 aromatic carbocycles. The van der Waals surface area contributed by atoms with Gasteiger partial charge in [0.2, 0.25) is 0 Å². The summed E-state index contributed by atoms with van der Waals surface area (Å²) in [5, 5.41) is 3.00. The fourth-order valence-electron chi connectivity index (χ4n) is 1.64. The minimum absolute atomic E-state index is 0.0127. The van der Waals surface area contributed by atoms with E-state index in [2.05, 4.69) is 5.32 Å². The Morgan fingerprint density at radius 1 is 1.15 bits per heavy atom. The molecular formula is C14H11Cl2FN2O. The first-order chi connectivity index (χ1) is 9.47. The van der Waals surface area contributed by atoms with Crippen molar-refractivity contribution in [2.75, 3.05) is 5.73 Å². The first-order valence-corrected chi connectivity index (χ1v) is 6.50. The summed E-state index contributed by atoms with van der Waals surface area (Å²) in [6, 6.07) is 8.91.